The predicted molar refractivity (Wildman–Crippen MR) is 131 cm³/mol. The minimum Gasteiger partial charge on any atom is -0.364 e. The summed E-state index contributed by atoms with van der Waals surface area (Å²) in [6.07, 6.45) is 5.47. The van der Waals surface area contributed by atoms with Gasteiger partial charge in [-0.1, -0.05) is 19.0 Å². The van der Waals surface area contributed by atoms with Crippen molar-refractivity contribution in [2.24, 2.45) is 17.8 Å². The van der Waals surface area contributed by atoms with Crippen molar-refractivity contribution >= 4 is 17.6 Å². The molecule has 2 aliphatic rings. The normalized spacial score (nSPS) is 16.4. The molecule has 0 bridgehead atoms. The molecular weight excluding hydrogens is 463 g/mol. The predicted octanol–water partition coefficient (Wildman–Crippen LogP) is 4.51. The van der Waals surface area contributed by atoms with E-state index in [9.17, 15) is 14.0 Å². The molecule has 5 rings (SSSR count). The zero-order chi connectivity index (χ0) is 25.6. The third-order valence-corrected chi connectivity index (χ3v) is 7.17. The maximum absolute atomic E-state index is 15.0. The van der Waals surface area contributed by atoms with Crippen LogP contribution >= 0.6 is 0 Å². The van der Waals surface area contributed by atoms with Crippen LogP contribution in [0.15, 0.2) is 22.9 Å². The van der Waals surface area contributed by atoms with Crippen LogP contribution in [0.1, 0.15) is 72.9 Å². The van der Waals surface area contributed by atoms with Crippen LogP contribution in [0.4, 0.5) is 10.2 Å². The minimum atomic E-state index is -0.768. The van der Waals surface area contributed by atoms with Gasteiger partial charge in [0.15, 0.2) is 0 Å². The number of aryl methyl sites for hydroxylation is 2. The van der Waals surface area contributed by atoms with Crippen molar-refractivity contribution < 1.29 is 18.5 Å². The number of anilines is 1. The van der Waals surface area contributed by atoms with E-state index in [-0.39, 0.29) is 17.7 Å². The molecule has 9 nitrogen and oxygen atoms in total. The van der Waals surface area contributed by atoms with Crippen LogP contribution < -0.4 is 10.6 Å². The number of carbonyl (C=O) groups is 2. The molecule has 2 fully saturated rings. The highest BCUT2D eigenvalue weighted by atomic mass is 19.1. The number of nitrogens with one attached hydrogen (secondary N) is 3. The summed E-state index contributed by atoms with van der Waals surface area (Å²) < 4.78 is 20.0. The fourth-order valence-corrected chi connectivity index (χ4v) is 5.12. The first-order chi connectivity index (χ1) is 17.2. The molecule has 2 aliphatic carbocycles. The lowest BCUT2D eigenvalue weighted by atomic mass is 9.88. The summed E-state index contributed by atoms with van der Waals surface area (Å²) in [6.45, 7) is 7.45. The van der Waals surface area contributed by atoms with Crippen molar-refractivity contribution in [2.75, 3.05) is 5.32 Å². The molecule has 3 aromatic rings. The highest BCUT2D eigenvalue weighted by Gasteiger charge is 2.48. The third-order valence-electron chi connectivity index (χ3n) is 7.17. The van der Waals surface area contributed by atoms with Gasteiger partial charge in [0.05, 0.1) is 11.4 Å². The summed E-state index contributed by atoms with van der Waals surface area (Å²) >= 11 is 0. The molecular formula is C26H31FN6O3. The van der Waals surface area contributed by atoms with Crippen LogP contribution in [-0.2, 0) is 4.79 Å². The quantitative estimate of drug-likeness (QED) is 0.376. The number of aromatic amines is 1. The van der Waals surface area contributed by atoms with Crippen LogP contribution in [0.5, 0.6) is 0 Å². The first kappa shape index (κ1) is 24.1. The topological polar surface area (TPSA) is 126 Å². The molecule has 1 unspecified atom stereocenters. The molecule has 0 radical (unpaired) electrons. The highest BCUT2D eigenvalue weighted by molar-refractivity contribution is 6.01. The van der Waals surface area contributed by atoms with Crippen LogP contribution in [0.2, 0.25) is 0 Å². The van der Waals surface area contributed by atoms with Gasteiger partial charge in [-0.05, 0) is 75.3 Å². The molecule has 3 aromatic heterocycles. The maximum Gasteiger partial charge on any atom is 0.257 e. The van der Waals surface area contributed by atoms with E-state index in [0.29, 0.717) is 39.9 Å². The van der Waals surface area contributed by atoms with E-state index < -0.39 is 23.8 Å². The summed E-state index contributed by atoms with van der Waals surface area (Å²) in [4.78, 5) is 30.7. The Morgan fingerprint density at radius 3 is 2.39 bits per heavy atom. The van der Waals surface area contributed by atoms with E-state index in [1.54, 1.807) is 19.1 Å². The average Bonchev–Trinajstić information content (AvgIpc) is 3.76. The summed E-state index contributed by atoms with van der Waals surface area (Å²) in [5, 5.41) is 16.6. The summed E-state index contributed by atoms with van der Waals surface area (Å²) in [5.41, 5.74) is 3.24. The Bertz CT molecular complexity index is 1260. The van der Waals surface area contributed by atoms with E-state index in [1.807, 2.05) is 20.8 Å². The van der Waals surface area contributed by atoms with Crippen LogP contribution in [0, 0.1) is 37.5 Å². The lowest BCUT2D eigenvalue weighted by Crippen LogP contribution is -2.50. The Hall–Kier alpha value is -3.56. The molecule has 10 heteroatoms. The number of halogens is 1. The minimum absolute atomic E-state index is 0.00683. The second-order valence-electron chi connectivity index (χ2n) is 10.3. The number of nitrogens with zero attached hydrogens (tertiary/aromatic N) is 3. The Balaban J connectivity index is 1.39. The number of hydrogen-bond acceptors (Lipinski definition) is 6. The zero-order valence-electron chi connectivity index (χ0n) is 20.9. The van der Waals surface area contributed by atoms with Gasteiger partial charge in [0.1, 0.15) is 23.7 Å². The molecule has 0 aliphatic heterocycles. The standard InChI is InChI=1S/C26H31FN6O3/c1-12(2)22-18(11-36-33-22)25(34)30-23(21(15-5-6-15)16-7-8-16)26(35)29-19-10-9-17(24(27)28-19)20-13(3)31-32-14(20)4/h9-12,15-16,21,23H,5-8H2,1-4H3,(H,30,34)(H,31,32)(H,28,29,35). The molecule has 1 atom stereocenters. The number of amides is 2. The van der Waals surface area contributed by atoms with E-state index in [2.05, 4.69) is 31.0 Å². The smallest absolute Gasteiger partial charge is 0.257 e. The number of hydrogen-bond donors (Lipinski definition) is 3. The van der Waals surface area contributed by atoms with Gasteiger partial charge in [0.2, 0.25) is 11.9 Å². The Morgan fingerprint density at radius 2 is 1.83 bits per heavy atom. The van der Waals surface area contributed by atoms with E-state index >= 15 is 0 Å². The molecule has 0 aromatic carbocycles. The van der Waals surface area contributed by atoms with E-state index in [0.717, 1.165) is 31.4 Å². The largest absolute Gasteiger partial charge is 0.364 e. The molecule has 2 amide bonds. The summed E-state index contributed by atoms with van der Waals surface area (Å²) in [6, 6.07) is 2.39. The van der Waals surface area contributed by atoms with Gasteiger partial charge in [-0.25, -0.2) is 4.98 Å². The molecule has 190 valence electrons. The first-order valence-electron chi connectivity index (χ1n) is 12.5. The lowest BCUT2D eigenvalue weighted by Gasteiger charge is -2.27. The molecule has 3 heterocycles. The van der Waals surface area contributed by atoms with Gasteiger partial charge in [0.25, 0.3) is 5.91 Å². The summed E-state index contributed by atoms with van der Waals surface area (Å²) in [7, 11) is 0. The van der Waals surface area contributed by atoms with Crippen LogP contribution in [0.3, 0.4) is 0 Å². The number of pyridine rings is 1. The third kappa shape index (κ3) is 4.76. The molecule has 3 N–H and O–H groups in total. The summed E-state index contributed by atoms with van der Waals surface area (Å²) in [5.74, 6) is -0.606. The van der Waals surface area contributed by atoms with Gasteiger partial charge in [-0.3, -0.25) is 14.7 Å². The first-order valence-corrected chi connectivity index (χ1v) is 12.5. The average molecular weight is 495 g/mol. The maximum atomic E-state index is 15.0. The zero-order valence-corrected chi connectivity index (χ0v) is 20.9. The van der Waals surface area contributed by atoms with Crippen molar-refractivity contribution in [3.8, 4) is 11.1 Å². The highest BCUT2D eigenvalue weighted by Crippen LogP contribution is 2.51. The van der Waals surface area contributed by atoms with E-state index in [1.165, 1.54) is 6.26 Å². The Morgan fingerprint density at radius 1 is 1.14 bits per heavy atom. The van der Waals surface area contributed by atoms with E-state index in [4.69, 9.17) is 4.52 Å². The number of carbonyl (C=O) groups excluding carboxylic acids is 2. The SMILES string of the molecule is Cc1n[nH]c(C)c1-c1ccc(NC(=O)C(NC(=O)c2conc2C(C)C)C(C2CC2)C2CC2)nc1F. The van der Waals surface area contributed by atoms with Gasteiger partial charge in [0, 0.05) is 16.8 Å². The number of H-pyrrole nitrogens is 1. The van der Waals surface area contributed by atoms with Crippen molar-refractivity contribution in [3.05, 3.63) is 47.0 Å². The van der Waals surface area contributed by atoms with Crippen LogP contribution in [0.25, 0.3) is 11.1 Å². The second kappa shape index (κ2) is 9.48. The monoisotopic (exact) mass is 494 g/mol. The Labute approximate surface area is 208 Å². The van der Waals surface area contributed by atoms with Gasteiger partial charge in [-0.2, -0.15) is 9.49 Å². The van der Waals surface area contributed by atoms with Gasteiger partial charge in [-0.15, -0.1) is 0 Å². The van der Waals surface area contributed by atoms with Crippen molar-refractivity contribution in [2.45, 2.75) is 65.3 Å². The molecule has 2 saturated carbocycles. The van der Waals surface area contributed by atoms with Gasteiger partial charge < -0.3 is 15.2 Å². The number of rotatable bonds is 9. The second-order valence-corrected chi connectivity index (χ2v) is 10.3. The van der Waals surface area contributed by atoms with Crippen LogP contribution in [-0.4, -0.2) is 38.2 Å². The fourth-order valence-electron chi connectivity index (χ4n) is 5.12. The van der Waals surface area contributed by atoms with Crippen molar-refractivity contribution in [1.82, 2.24) is 25.7 Å². The Kier molecular flexibility index (Phi) is 6.36. The lowest BCUT2D eigenvalue weighted by molar-refractivity contribution is -0.119. The van der Waals surface area contributed by atoms with Gasteiger partial charge >= 0.3 is 0 Å². The van der Waals surface area contributed by atoms with Crippen molar-refractivity contribution in [3.63, 3.8) is 0 Å². The fraction of sp³-hybridized carbons (Fsp3) is 0.500. The molecule has 36 heavy (non-hydrogen) atoms. The number of aromatic nitrogens is 4. The molecule has 0 saturated heterocycles. The molecule has 0 spiro atoms. The van der Waals surface area contributed by atoms with Crippen molar-refractivity contribution in [1.29, 1.82) is 0 Å².